The molecular weight excluding hydrogens is 271 g/mol. The molecule has 2 rings (SSSR count). The molecule has 0 saturated heterocycles. The Labute approximate surface area is 122 Å². The summed E-state index contributed by atoms with van der Waals surface area (Å²) in [7, 11) is 1.58. The zero-order chi connectivity index (χ0) is 15.4. The standard InChI is InChI=1S/C16H17FN2O2/c1-10(11-4-3-5-13(8-11)21-2)19-16(20)14-7-6-12(17)9-15(14)18/h3-10H,18H2,1-2H3,(H,19,20)/t10-/m1/s1. The summed E-state index contributed by atoms with van der Waals surface area (Å²) in [6.07, 6.45) is 0. The molecule has 0 aromatic heterocycles. The molecule has 5 heteroatoms. The third-order valence-corrected chi connectivity index (χ3v) is 3.20. The third kappa shape index (κ3) is 3.51. The summed E-state index contributed by atoms with van der Waals surface area (Å²) in [5.41, 5.74) is 6.94. The highest BCUT2D eigenvalue weighted by Gasteiger charge is 2.14. The third-order valence-electron chi connectivity index (χ3n) is 3.20. The highest BCUT2D eigenvalue weighted by atomic mass is 19.1. The topological polar surface area (TPSA) is 64.3 Å². The zero-order valence-electron chi connectivity index (χ0n) is 11.9. The molecule has 4 nitrogen and oxygen atoms in total. The van der Waals surface area contributed by atoms with Gasteiger partial charge in [-0.15, -0.1) is 0 Å². The molecule has 3 N–H and O–H groups in total. The molecule has 2 aromatic rings. The van der Waals surface area contributed by atoms with E-state index >= 15 is 0 Å². The van der Waals surface area contributed by atoms with Crippen LogP contribution in [-0.2, 0) is 0 Å². The minimum atomic E-state index is -0.468. The smallest absolute Gasteiger partial charge is 0.253 e. The lowest BCUT2D eigenvalue weighted by molar-refractivity contribution is 0.0940. The first-order valence-electron chi connectivity index (χ1n) is 6.51. The van der Waals surface area contributed by atoms with Crippen molar-refractivity contribution in [1.29, 1.82) is 0 Å². The van der Waals surface area contributed by atoms with Gasteiger partial charge in [-0.25, -0.2) is 4.39 Å². The predicted octanol–water partition coefficient (Wildman–Crippen LogP) is 2.91. The van der Waals surface area contributed by atoms with Crippen molar-refractivity contribution in [1.82, 2.24) is 5.32 Å². The number of anilines is 1. The fraction of sp³-hybridized carbons (Fsp3) is 0.188. The van der Waals surface area contributed by atoms with E-state index in [1.165, 1.54) is 12.1 Å². The number of hydrogen-bond acceptors (Lipinski definition) is 3. The molecule has 110 valence electrons. The van der Waals surface area contributed by atoms with Crippen molar-refractivity contribution < 1.29 is 13.9 Å². The maximum Gasteiger partial charge on any atom is 0.253 e. The van der Waals surface area contributed by atoms with Crippen LogP contribution in [0, 0.1) is 5.82 Å². The van der Waals surface area contributed by atoms with Crippen molar-refractivity contribution in [2.24, 2.45) is 0 Å². The summed E-state index contributed by atoms with van der Waals surface area (Å²) in [4.78, 5) is 12.2. The molecule has 0 saturated carbocycles. The molecule has 0 spiro atoms. The van der Waals surface area contributed by atoms with Crippen molar-refractivity contribution in [2.75, 3.05) is 12.8 Å². The van der Waals surface area contributed by atoms with Crippen LogP contribution in [-0.4, -0.2) is 13.0 Å². The van der Waals surface area contributed by atoms with Crippen molar-refractivity contribution in [3.63, 3.8) is 0 Å². The van der Waals surface area contributed by atoms with Gasteiger partial charge in [-0.2, -0.15) is 0 Å². The zero-order valence-corrected chi connectivity index (χ0v) is 11.9. The number of halogens is 1. The van der Waals surface area contributed by atoms with E-state index in [4.69, 9.17) is 10.5 Å². The molecule has 0 fully saturated rings. The summed E-state index contributed by atoms with van der Waals surface area (Å²) in [5.74, 6) is -0.0948. The van der Waals surface area contributed by atoms with Crippen LogP contribution in [0.1, 0.15) is 28.9 Å². The lowest BCUT2D eigenvalue weighted by atomic mass is 10.1. The van der Waals surface area contributed by atoms with Gasteiger partial charge in [0.05, 0.1) is 18.7 Å². The van der Waals surface area contributed by atoms with Gasteiger partial charge in [0.1, 0.15) is 11.6 Å². The Bertz CT molecular complexity index is 658. The summed E-state index contributed by atoms with van der Waals surface area (Å²) in [6.45, 7) is 1.85. The van der Waals surface area contributed by atoms with E-state index in [2.05, 4.69) is 5.32 Å². The van der Waals surface area contributed by atoms with Crippen LogP contribution < -0.4 is 15.8 Å². The minimum Gasteiger partial charge on any atom is -0.497 e. The van der Waals surface area contributed by atoms with E-state index in [0.29, 0.717) is 0 Å². The molecule has 0 unspecified atom stereocenters. The maximum atomic E-state index is 13.0. The Morgan fingerprint density at radius 3 is 2.71 bits per heavy atom. The van der Waals surface area contributed by atoms with Crippen LogP contribution in [0.5, 0.6) is 5.75 Å². The fourth-order valence-electron chi connectivity index (χ4n) is 2.01. The normalized spacial score (nSPS) is 11.8. The van der Waals surface area contributed by atoms with Crippen LogP contribution in [0.3, 0.4) is 0 Å². The molecule has 0 aliphatic heterocycles. The number of benzene rings is 2. The van der Waals surface area contributed by atoms with E-state index in [0.717, 1.165) is 17.4 Å². The van der Waals surface area contributed by atoms with Crippen LogP contribution in [0.4, 0.5) is 10.1 Å². The van der Waals surface area contributed by atoms with Crippen LogP contribution >= 0.6 is 0 Å². The van der Waals surface area contributed by atoms with Crippen molar-refractivity contribution >= 4 is 11.6 Å². The van der Waals surface area contributed by atoms with Crippen LogP contribution in [0.15, 0.2) is 42.5 Å². The molecule has 0 aliphatic carbocycles. The molecule has 2 aromatic carbocycles. The molecular formula is C16H17FN2O2. The van der Waals surface area contributed by atoms with Gasteiger partial charge in [-0.3, -0.25) is 4.79 Å². The molecule has 1 atom stereocenters. The first-order valence-corrected chi connectivity index (χ1v) is 6.51. The average Bonchev–Trinajstić information content (AvgIpc) is 2.47. The Balaban J connectivity index is 2.14. The summed E-state index contributed by atoms with van der Waals surface area (Å²) < 4.78 is 18.1. The number of carbonyl (C=O) groups excluding carboxylic acids is 1. The van der Waals surface area contributed by atoms with Crippen molar-refractivity contribution in [3.8, 4) is 5.75 Å². The largest absolute Gasteiger partial charge is 0.497 e. The van der Waals surface area contributed by atoms with Gasteiger partial charge in [0.15, 0.2) is 0 Å². The van der Waals surface area contributed by atoms with E-state index in [1.807, 2.05) is 31.2 Å². The lowest BCUT2D eigenvalue weighted by Crippen LogP contribution is -2.27. The Hall–Kier alpha value is -2.56. The molecule has 21 heavy (non-hydrogen) atoms. The number of methoxy groups -OCH3 is 1. The monoisotopic (exact) mass is 288 g/mol. The van der Waals surface area contributed by atoms with Gasteiger partial charge in [0.25, 0.3) is 5.91 Å². The van der Waals surface area contributed by atoms with E-state index < -0.39 is 5.82 Å². The SMILES string of the molecule is COc1cccc([C@@H](C)NC(=O)c2ccc(F)cc2N)c1. The maximum absolute atomic E-state index is 13.0. The van der Waals surface area contributed by atoms with Gasteiger partial charge in [-0.1, -0.05) is 12.1 Å². The summed E-state index contributed by atoms with van der Waals surface area (Å²) in [6, 6.07) is 10.9. The number of rotatable bonds is 4. The summed E-state index contributed by atoms with van der Waals surface area (Å²) in [5, 5.41) is 2.83. The van der Waals surface area contributed by atoms with E-state index in [1.54, 1.807) is 7.11 Å². The van der Waals surface area contributed by atoms with Gasteiger partial charge < -0.3 is 15.8 Å². The average molecular weight is 288 g/mol. The number of nitrogen functional groups attached to an aromatic ring is 1. The number of nitrogens with two attached hydrogens (primary N) is 1. The molecule has 0 aliphatic rings. The highest BCUT2D eigenvalue weighted by molar-refractivity contribution is 5.99. The minimum absolute atomic E-state index is 0.116. The summed E-state index contributed by atoms with van der Waals surface area (Å²) >= 11 is 0. The Morgan fingerprint density at radius 2 is 2.05 bits per heavy atom. The number of ether oxygens (including phenoxy) is 1. The number of nitrogens with one attached hydrogen (secondary N) is 1. The van der Waals surface area contributed by atoms with Gasteiger partial charge in [-0.05, 0) is 42.8 Å². The molecule has 0 heterocycles. The van der Waals surface area contributed by atoms with Crippen molar-refractivity contribution in [3.05, 3.63) is 59.4 Å². The van der Waals surface area contributed by atoms with Crippen molar-refractivity contribution in [2.45, 2.75) is 13.0 Å². The second kappa shape index (κ2) is 6.26. The Morgan fingerprint density at radius 1 is 1.29 bits per heavy atom. The number of hydrogen-bond donors (Lipinski definition) is 2. The molecule has 0 radical (unpaired) electrons. The Kier molecular flexibility index (Phi) is 4.42. The van der Waals surface area contributed by atoms with Crippen LogP contribution in [0.25, 0.3) is 0 Å². The lowest BCUT2D eigenvalue weighted by Gasteiger charge is -2.16. The van der Waals surface area contributed by atoms with Gasteiger partial charge in [0.2, 0.25) is 0 Å². The fourth-order valence-corrected chi connectivity index (χ4v) is 2.01. The first-order chi connectivity index (χ1) is 10.0. The highest BCUT2D eigenvalue weighted by Crippen LogP contribution is 2.20. The predicted molar refractivity (Wildman–Crippen MR) is 79.7 cm³/mol. The van der Waals surface area contributed by atoms with Gasteiger partial charge >= 0.3 is 0 Å². The van der Waals surface area contributed by atoms with E-state index in [9.17, 15) is 9.18 Å². The van der Waals surface area contributed by atoms with Gasteiger partial charge in [0, 0.05) is 5.69 Å². The van der Waals surface area contributed by atoms with Crippen LogP contribution in [0.2, 0.25) is 0 Å². The number of amides is 1. The number of carbonyl (C=O) groups is 1. The molecule has 1 amide bonds. The molecule has 0 bridgehead atoms. The first kappa shape index (κ1) is 14.8. The quantitative estimate of drug-likeness (QED) is 0.850. The van der Waals surface area contributed by atoms with E-state index in [-0.39, 0.29) is 23.2 Å². The second-order valence-corrected chi connectivity index (χ2v) is 4.70. The second-order valence-electron chi connectivity index (χ2n) is 4.70.